The minimum Gasteiger partial charge on any atom is -0.374 e. The summed E-state index contributed by atoms with van der Waals surface area (Å²) in [4.78, 5) is 2.23. The average molecular weight is 188 g/mol. The van der Waals surface area contributed by atoms with Gasteiger partial charge in [-0.25, -0.2) is 0 Å². The van der Waals surface area contributed by atoms with Crippen LogP contribution in [0.1, 0.15) is 24.5 Å². The summed E-state index contributed by atoms with van der Waals surface area (Å²) in [6.45, 7) is 3.12. The van der Waals surface area contributed by atoms with Gasteiger partial charge in [0, 0.05) is 37.0 Å². The molecule has 0 unspecified atom stereocenters. The zero-order valence-electron chi connectivity index (χ0n) is 8.80. The van der Waals surface area contributed by atoms with E-state index < -0.39 is 0 Å². The molecule has 0 spiro atoms. The summed E-state index contributed by atoms with van der Waals surface area (Å²) >= 11 is 0. The molecule has 14 heavy (non-hydrogen) atoms. The molecule has 2 heteroatoms. The molecule has 74 valence electrons. The Morgan fingerprint density at radius 2 is 2.21 bits per heavy atom. The predicted molar refractivity (Wildman–Crippen MR) is 60.5 cm³/mol. The maximum Gasteiger partial charge on any atom is 0.0455 e. The summed E-state index contributed by atoms with van der Waals surface area (Å²) in [5.41, 5.74) is 4.44. The maximum atomic E-state index is 7.91. The minimum atomic E-state index is 0.786. The monoisotopic (exact) mass is 188 g/mol. The molecule has 0 atom stereocenters. The molecule has 0 bridgehead atoms. The summed E-state index contributed by atoms with van der Waals surface area (Å²) in [5.74, 6) is 0. The molecule has 1 aromatic carbocycles. The Morgan fingerprint density at radius 3 is 2.93 bits per heavy atom. The van der Waals surface area contributed by atoms with Gasteiger partial charge in [-0.3, -0.25) is 0 Å². The largest absolute Gasteiger partial charge is 0.374 e. The van der Waals surface area contributed by atoms with E-state index in [2.05, 4.69) is 37.1 Å². The van der Waals surface area contributed by atoms with Gasteiger partial charge in [0.1, 0.15) is 0 Å². The number of hydrogen-bond acceptors (Lipinski definition) is 2. The number of nitrogens with zero attached hydrogens (tertiary/aromatic N) is 1. The molecule has 0 amide bonds. The quantitative estimate of drug-likeness (QED) is 0.720. The molecule has 0 saturated heterocycles. The van der Waals surface area contributed by atoms with Crippen molar-refractivity contribution in [3.63, 3.8) is 0 Å². The number of aryl methyl sites for hydroxylation is 1. The van der Waals surface area contributed by atoms with Gasteiger partial charge in [0.15, 0.2) is 0 Å². The summed E-state index contributed by atoms with van der Waals surface area (Å²) in [7, 11) is 2.09. The first kappa shape index (κ1) is 9.25. The van der Waals surface area contributed by atoms with Crippen LogP contribution in [0.25, 0.3) is 0 Å². The van der Waals surface area contributed by atoms with Crippen LogP contribution in [-0.2, 0) is 6.42 Å². The van der Waals surface area contributed by atoms with Gasteiger partial charge in [0.05, 0.1) is 0 Å². The SMILES string of the molecule is CCc1ccc2c(c1)C(=N)CCN2C. The van der Waals surface area contributed by atoms with Crippen molar-refractivity contribution in [3.8, 4) is 0 Å². The Hall–Kier alpha value is -1.31. The van der Waals surface area contributed by atoms with Gasteiger partial charge in [-0.2, -0.15) is 0 Å². The molecule has 0 fully saturated rings. The fourth-order valence-corrected chi connectivity index (χ4v) is 1.91. The number of nitrogens with one attached hydrogen (secondary N) is 1. The van der Waals surface area contributed by atoms with E-state index in [1.54, 1.807) is 0 Å². The van der Waals surface area contributed by atoms with Crippen LogP contribution in [-0.4, -0.2) is 19.3 Å². The van der Waals surface area contributed by atoms with Gasteiger partial charge >= 0.3 is 0 Å². The maximum absolute atomic E-state index is 7.91. The first-order valence-electron chi connectivity index (χ1n) is 5.14. The second kappa shape index (κ2) is 3.45. The van der Waals surface area contributed by atoms with E-state index >= 15 is 0 Å². The number of benzene rings is 1. The van der Waals surface area contributed by atoms with Crippen LogP contribution in [0.4, 0.5) is 5.69 Å². The third kappa shape index (κ3) is 1.41. The summed E-state index contributed by atoms with van der Waals surface area (Å²) in [5, 5.41) is 7.91. The molecule has 2 nitrogen and oxygen atoms in total. The van der Waals surface area contributed by atoms with Crippen molar-refractivity contribution in [2.75, 3.05) is 18.5 Å². The zero-order valence-corrected chi connectivity index (χ0v) is 8.80. The highest BCUT2D eigenvalue weighted by Crippen LogP contribution is 2.26. The van der Waals surface area contributed by atoms with Gasteiger partial charge < -0.3 is 10.3 Å². The Labute approximate surface area is 85.1 Å². The highest BCUT2D eigenvalue weighted by Gasteiger charge is 2.17. The average Bonchev–Trinajstić information content (AvgIpc) is 2.23. The molecule has 0 radical (unpaired) electrons. The lowest BCUT2D eigenvalue weighted by Gasteiger charge is -2.28. The topological polar surface area (TPSA) is 27.1 Å². The van der Waals surface area contributed by atoms with Gasteiger partial charge in [-0.05, 0) is 24.1 Å². The van der Waals surface area contributed by atoms with Gasteiger partial charge in [-0.15, -0.1) is 0 Å². The lowest BCUT2D eigenvalue weighted by Crippen LogP contribution is -2.28. The predicted octanol–water partition coefficient (Wildman–Crippen LogP) is 2.46. The van der Waals surface area contributed by atoms with Crippen molar-refractivity contribution in [1.82, 2.24) is 0 Å². The first-order chi connectivity index (χ1) is 6.72. The van der Waals surface area contributed by atoms with Crippen LogP contribution in [0, 0.1) is 5.41 Å². The van der Waals surface area contributed by atoms with Gasteiger partial charge in [0.2, 0.25) is 0 Å². The fourth-order valence-electron chi connectivity index (χ4n) is 1.91. The van der Waals surface area contributed by atoms with Gasteiger partial charge in [0.25, 0.3) is 0 Å². The van der Waals surface area contributed by atoms with Crippen molar-refractivity contribution < 1.29 is 0 Å². The molecule has 2 rings (SSSR count). The Morgan fingerprint density at radius 1 is 1.43 bits per heavy atom. The highest BCUT2D eigenvalue weighted by molar-refractivity contribution is 6.05. The molecule has 1 heterocycles. The van der Waals surface area contributed by atoms with E-state index in [1.165, 1.54) is 11.3 Å². The minimum absolute atomic E-state index is 0.786. The van der Waals surface area contributed by atoms with Crippen LogP contribution in [0.3, 0.4) is 0 Å². The van der Waals surface area contributed by atoms with Crippen molar-refractivity contribution >= 4 is 11.4 Å². The van der Waals surface area contributed by atoms with Crippen LogP contribution in [0.5, 0.6) is 0 Å². The Bertz CT molecular complexity index is 369. The third-order valence-corrected chi connectivity index (χ3v) is 2.90. The highest BCUT2D eigenvalue weighted by atomic mass is 15.1. The summed E-state index contributed by atoms with van der Waals surface area (Å²) < 4.78 is 0. The van der Waals surface area contributed by atoms with Crippen LogP contribution >= 0.6 is 0 Å². The smallest absolute Gasteiger partial charge is 0.0455 e. The van der Waals surface area contributed by atoms with Crippen LogP contribution in [0.2, 0.25) is 0 Å². The van der Waals surface area contributed by atoms with Crippen LogP contribution in [0.15, 0.2) is 18.2 Å². The second-order valence-corrected chi connectivity index (χ2v) is 3.86. The molecule has 1 N–H and O–H groups in total. The number of hydrogen-bond donors (Lipinski definition) is 1. The number of anilines is 1. The number of fused-ring (bicyclic) bond motifs is 1. The van der Waals surface area contributed by atoms with Crippen molar-refractivity contribution in [2.45, 2.75) is 19.8 Å². The molecular weight excluding hydrogens is 172 g/mol. The third-order valence-electron chi connectivity index (χ3n) is 2.90. The fraction of sp³-hybridized carbons (Fsp3) is 0.417. The summed E-state index contributed by atoms with van der Waals surface area (Å²) in [6, 6.07) is 6.46. The van der Waals surface area contributed by atoms with Gasteiger partial charge in [-0.1, -0.05) is 13.0 Å². The second-order valence-electron chi connectivity index (χ2n) is 3.86. The van der Waals surface area contributed by atoms with E-state index in [4.69, 9.17) is 5.41 Å². The first-order valence-corrected chi connectivity index (χ1v) is 5.14. The molecule has 1 aliphatic heterocycles. The molecule has 0 aliphatic carbocycles. The molecule has 0 saturated carbocycles. The normalized spacial score (nSPS) is 15.6. The lowest BCUT2D eigenvalue weighted by atomic mass is 9.97. The zero-order chi connectivity index (χ0) is 10.1. The van der Waals surface area contributed by atoms with E-state index in [0.29, 0.717) is 0 Å². The number of rotatable bonds is 1. The Balaban J connectivity index is 2.50. The molecular formula is C12H16N2. The molecule has 0 aromatic heterocycles. The molecule has 1 aliphatic rings. The standard InChI is InChI=1S/C12H16N2/c1-3-9-4-5-12-10(8-9)11(13)6-7-14(12)2/h4-5,8,13H,3,6-7H2,1-2H3. The molecule has 1 aromatic rings. The van der Waals surface area contributed by atoms with E-state index in [1.807, 2.05) is 0 Å². The van der Waals surface area contributed by atoms with Crippen molar-refractivity contribution in [2.24, 2.45) is 0 Å². The summed E-state index contributed by atoms with van der Waals surface area (Å²) in [6.07, 6.45) is 1.92. The lowest BCUT2D eigenvalue weighted by molar-refractivity contribution is 0.891. The van der Waals surface area contributed by atoms with Crippen LogP contribution < -0.4 is 4.90 Å². The van der Waals surface area contributed by atoms with Crippen molar-refractivity contribution in [1.29, 1.82) is 5.41 Å². The van der Waals surface area contributed by atoms with E-state index in [-0.39, 0.29) is 0 Å². The van der Waals surface area contributed by atoms with E-state index in [9.17, 15) is 0 Å². The van der Waals surface area contributed by atoms with E-state index in [0.717, 1.165) is 30.7 Å². The Kier molecular flexibility index (Phi) is 2.28. The van der Waals surface area contributed by atoms with Crippen molar-refractivity contribution in [3.05, 3.63) is 29.3 Å².